The Balaban J connectivity index is 2.22. The van der Waals surface area contributed by atoms with Gasteiger partial charge in [0.1, 0.15) is 17.4 Å². The van der Waals surface area contributed by atoms with Gasteiger partial charge in [0.15, 0.2) is 11.5 Å². The first-order valence-electron chi connectivity index (χ1n) is 6.05. The highest BCUT2D eigenvalue weighted by atomic mass is 16.5. The molecule has 1 atom stereocenters. The Morgan fingerprint density at radius 1 is 1.00 bits per heavy atom. The second kappa shape index (κ2) is 4.95. The van der Waals surface area contributed by atoms with Gasteiger partial charge >= 0.3 is 0 Å². The molecule has 1 aliphatic rings. The van der Waals surface area contributed by atoms with Crippen LogP contribution in [0.4, 0.5) is 0 Å². The second-order valence-electron chi connectivity index (χ2n) is 4.27. The lowest BCUT2D eigenvalue weighted by Gasteiger charge is -2.23. The van der Waals surface area contributed by atoms with Crippen molar-refractivity contribution in [1.29, 1.82) is 10.5 Å². The maximum atomic E-state index is 9.49. The number of ether oxygens (including phenoxy) is 1. The van der Waals surface area contributed by atoms with Gasteiger partial charge in [-0.1, -0.05) is 0 Å². The number of rotatable bonds is 2. The van der Waals surface area contributed by atoms with Crippen molar-refractivity contribution in [3.05, 3.63) is 65.3 Å². The van der Waals surface area contributed by atoms with Crippen LogP contribution in [-0.4, -0.2) is 0 Å². The van der Waals surface area contributed by atoms with Gasteiger partial charge in [-0.25, -0.2) is 0 Å². The summed E-state index contributed by atoms with van der Waals surface area (Å²) in [6.45, 7) is 0. The number of allylic oxidation sites excluding steroid dienone is 2. The molecule has 3 rings (SSSR count). The van der Waals surface area contributed by atoms with Crippen LogP contribution in [0.3, 0.4) is 0 Å². The zero-order valence-electron chi connectivity index (χ0n) is 10.7. The van der Waals surface area contributed by atoms with Crippen LogP contribution in [0, 0.1) is 22.7 Å². The molecular formula is C15H9N3O3. The summed E-state index contributed by atoms with van der Waals surface area (Å²) in [5.74, 6) is 0.231. The fourth-order valence-corrected chi connectivity index (χ4v) is 2.20. The highest BCUT2D eigenvalue weighted by Crippen LogP contribution is 2.41. The average Bonchev–Trinajstić information content (AvgIpc) is 3.19. The lowest BCUT2D eigenvalue weighted by atomic mass is 9.87. The third-order valence-electron chi connectivity index (χ3n) is 3.11. The number of nitriles is 2. The van der Waals surface area contributed by atoms with Gasteiger partial charge in [-0.05, 0) is 24.3 Å². The number of furan rings is 2. The molecule has 21 heavy (non-hydrogen) atoms. The average molecular weight is 279 g/mol. The summed E-state index contributed by atoms with van der Waals surface area (Å²) < 4.78 is 16.0. The van der Waals surface area contributed by atoms with Crippen molar-refractivity contribution in [1.82, 2.24) is 0 Å². The van der Waals surface area contributed by atoms with Crippen molar-refractivity contribution in [2.45, 2.75) is 5.92 Å². The van der Waals surface area contributed by atoms with E-state index < -0.39 is 5.92 Å². The van der Waals surface area contributed by atoms with E-state index in [0.29, 0.717) is 11.5 Å². The molecule has 0 fully saturated rings. The molecule has 0 amide bonds. The largest absolute Gasteiger partial charge is 0.468 e. The van der Waals surface area contributed by atoms with E-state index in [1.54, 1.807) is 24.3 Å². The number of nitrogens with two attached hydrogens (primary N) is 1. The fraction of sp³-hybridized carbons (Fsp3) is 0.0667. The monoisotopic (exact) mass is 279 g/mol. The maximum absolute atomic E-state index is 9.49. The second-order valence-corrected chi connectivity index (χ2v) is 4.27. The Morgan fingerprint density at radius 2 is 1.71 bits per heavy atom. The van der Waals surface area contributed by atoms with E-state index >= 15 is 0 Å². The number of hydrogen-bond acceptors (Lipinski definition) is 6. The molecule has 1 aliphatic heterocycles. The van der Waals surface area contributed by atoms with Crippen LogP contribution in [0.15, 0.2) is 62.7 Å². The summed E-state index contributed by atoms with van der Waals surface area (Å²) in [7, 11) is 0. The number of hydrogen-bond donors (Lipinski definition) is 1. The quantitative estimate of drug-likeness (QED) is 0.904. The normalized spacial score (nSPS) is 18.1. The van der Waals surface area contributed by atoms with Gasteiger partial charge in [-0.3, -0.25) is 0 Å². The van der Waals surface area contributed by atoms with Gasteiger partial charge in [-0.2, -0.15) is 10.5 Å². The SMILES string of the molecule is N#CC1=C(N)OC(c2ccco2)=C(C#N)[C@@H]1c1ccco1. The summed E-state index contributed by atoms with van der Waals surface area (Å²) >= 11 is 0. The molecule has 2 aromatic rings. The zero-order valence-corrected chi connectivity index (χ0v) is 10.7. The third-order valence-corrected chi connectivity index (χ3v) is 3.11. The van der Waals surface area contributed by atoms with Crippen LogP contribution in [-0.2, 0) is 4.74 Å². The lowest BCUT2D eigenvalue weighted by molar-refractivity contribution is 0.336. The molecule has 0 saturated heterocycles. The van der Waals surface area contributed by atoms with Crippen LogP contribution >= 0.6 is 0 Å². The van der Waals surface area contributed by atoms with Crippen LogP contribution in [0.1, 0.15) is 17.4 Å². The van der Waals surface area contributed by atoms with Crippen molar-refractivity contribution in [2.24, 2.45) is 5.73 Å². The van der Waals surface area contributed by atoms with E-state index in [2.05, 4.69) is 6.07 Å². The Labute approximate surface area is 119 Å². The minimum Gasteiger partial charge on any atom is -0.468 e. The molecular weight excluding hydrogens is 270 g/mol. The Kier molecular flexibility index (Phi) is 2.98. The summed E-state index contributed by atoms with van der Waals surface area (Å²) in [6, 6.07) is 10.7. The first-order valence-corrected chi connectivity index (χ1v) is 6.05. The minimum atomic E-state index is -0.705. The summed E-state index contributed by atoms with van der Waals surface area (Å²) in [5, 5.41) is 18.8. The summed E-state index contributed by atoms with van der Waals surface area (Å²) in [4.78, 5) is 0. The van der Waals surface area contributed by atoms with Crippen LogP contribution in [0.25, 0.3) is 5.76 Å². The van der Waals surface area contributed by atoms with Gasteiger partial charge in [0.2, 0.25) is 5.88 Å². The molecule has 3 heterocycles. The van der Waals surface area contributed by atoms with Gasteiger partial charge in [0.05, 0.1) is 30.1 Å². The molecule has 0 spiro atoms. The van der Waals surface area contributed by atoms with Gasteiger partial charge < -0.3 is 19.3 Å². The predicted molar refractivity (Wildman–Crippen MR) is 70.6 cm³/mol. The van der Waals surface area contributed by atoms with Crippen LogP contribution < -0.4 is 5.73 Å². The fourth-order valence-electron chi connectivity index (χ4n) is 2.20. The molecule has 2 aromatic heterocycles. The van der Waals surface area contributed by atoms with Crippen molar-refractivity contribution >= 4 is 5.76 Å². The molecule has 0 saturated carbocycles. The zero-order chi connectivity index (χ0) is 14.8. The predicted octanol–water partition coefficient (Wildman–Crippen LogP) is 2.62. The molecule has 6 heteroatoms. The lowest BCUT2D eigenvalue weighted by Crippen LogP contribution is -2.19. The molecule has 2 N–H and O–H groups in total. The number of nitrogens with zero attached hydrogens (tertiary/aromatic N) is 2. The summed E-state index contributed by atoms with van der Waals surface area (Å²) in [6.07, 6.45) is 2.93. The van der Waals surface area contributed by atoms with E-state index in [0.717, 1.165) is 0 Å². The Bertz CT molecular complexity index is 799. The van der Waals surface area contributed by atoms with Crippen molar-refractivity contribution in [2.75, 3.05) is 0 Å². The maximum Gasteiger partial charge on any atom is 0.206 e. The van der Waals surface area contributed by atoms with E-state index in [1.807, 2.05) is 6.07 Å². The van der Waals surface area contributed by atoms with E-state index in [1.165, 1.54) is 12.5 Å². The van der Waals surface area contributed by atoms with E-state index in [4.69, 9.17) is 19.3 Å². The van der Waals surface area contributed by atoms with Crippen LogP contribution in [0.2, 0.25) is 0 Å². The van der Waals surface area contributed by atoms with E-state index in [-0.39, 0.29) is 22.8 Å². The first-order chi connectivity index (χ1) is 10.3. The smallest absolute Gasteiger partial charge is 0.206 e. The minimum absolute atomic E-state index is 0.0655. The Morgan fingerprint density at radius 3 is 2.29 bits per heavy atom. The van der Waals surface area contributed by atoms with E-state index in [9.17, 15) is 10.5 Å². The molecule has 102 valence electrons. The molecule has 6 nitrogen and oxygen atoms in total. The summed E-state index contributed by atoms with van der Waals surface area (Å²) in [5.41, 5.74) is 6.16. The molecule has 0 unspecified atom stereocenters. The third kappa shape index (κ3) is 1.96. The topological polar surface area (TPSA) is 109 Å². The highest BCUT2D eigenvalue weighted by molar-refractivity contribution is 5.70. The highest BCUT2D eigenvalue weighted by Gasteiger charge is 2.36. The van der Waals surface area contributed by atoms with Crippen molar-refractivity contribution in [3.8, 4) is 12.1 Å². The van der Waals surface area contributed by atoms with Gasteiger partial charge in [-0.15, -0.1) is 0 Å². The molecule has 0 aromatic carbocycles. The molecule has 0 bridgehead atoms. The van der Waals surface area contributed by atoms with Gasteiger partial charge in [0.25, 0.3) is 0 Å². The first kappa shape index (κ1) is 12.6. The van der Waals surface area contributed by atoms with Crippen LogP contribution in [0.5, 0.6) is 0 Å². The molecule has 0 aliphatic carbocycles. The van der Waals surface area contributed by atoms with Crippen molar-refractivity contribution in [3.63, 3.8) is 0 Å². The molecule has 0 radical (unpaired) electrons. The Hall–Kier alpha value is -3.38. The standard InChI is InChI=1S/C15H9N3O3/c16-7-9-13(11-3-1-5-19-11)10(8-17)15(18)21-14(9)12-4-2-6-20-12/h1-6,13H,18H2/t13-/m0/s1. The van der Waals surface area contributed by atoms with Gasteiger partial charge in [0, 0.05) is 0 Å². The van der Waals surface area contributed by atoms with Crippen molar-refractivity contribution < 1.29 is 13.6 Å².